The van der Waals surface area contributed by atoms with E-state index in [0.29, 0.717) is 15.8 Å². The molecule has 0 aliphatic heterocycles. The Bertz CT molecular complexity index is 782. The fourth-order valence-corrected chi connectivity index (χ4v) is 3.13. The number of thiazole rings is 1. The van der Waals surface area contributed by atoms with Crippen LogP contribution in [0.5, 0.6) is 0 Å². The summed E-state index contributed by atoms with van der Waals surface area (Å²) in [5.74, 6) is -0.289. The average Bonchev–Trinajstić information content (AvgIpc) is 3.09. The van der Waals surface area contributed by atoms with Gasteiger partial charge >= 0.3 is 0 Å². The Hall–Kier alpha value is -1.83. The normalized spacial score (nSPS) is 10.6. The maximum atomic E-state index is 12.1. The Morgan fingerprint density at radius 1 is 1.24 bits per heavy atom. The predicted molar refractivity (Wildman–Crippen MR) is 85.2 cm³/mol. The van der Waals surface area contributed by atoms with Gasteiger partial charge in [-0.3, -0.25) is 10.1 Å². The first-order valence-electron chi connectivity index (χ1n) is 5.95. The zero-order valence-corrected chi connectivity index (χ0v) is 13.2. The van der Waals surface area contributed by atoms with Gasteiger partial charge in [-0.15, -0.1) is 21.5 Å². The number of hydrogen-bond acceptors (Lipinski definition) is 6. The Balaban J connectivity index is 1.78. The van der Waals surface area contributed by atoms with Crippen LogP contribution in [0.15, 0.2) is 29.6 Å². The van der Waals surface area contributed by atoms with Crippen LogP contribution in [0, 0.1) is 6.92 Å². The average molecular weight is 337 g/mol. The van der Waals surface area contributed by atoms with Crippen molar-refractivity contribution in [2.45, 2.75) is 6.92 Å². The van der Waals surface area contributed by atoms with Crippen molar-refractivity contribution < 1.29 is 4.79 Å². The van der Waals surface area contributed by atoms with Crippen LogP contribution in [0.4, 0.5) is 5.13 Å². The van der Waals surface area contributed by atoms with Crippen molar-refractivity contribution >= 4 is 45.3 Å². The minimum absolute atomic E-state index is 0.289. The van der Waals surface area contributed by atoms with Gasteiger partial charge in [0.1, 0.15) is 15.7 Å². The molecule has 0 saturated carbocycles. The van der Waals surface area contributed by atoms with E-state index in [9.17, 15) is 4.79 Å². The molecular formula is C13H9ClN4OS2. The van der Waals surface area contributed by atoms with E-state index >= 15 is 0 Å². The molecule has 1 N–H and O–H groups in total. The van der Waals surface area contributed by atoms with Crippen molar-refractivity contribution in [2.75, 3.05) is 5.32 Å². The number of aromatic nitrogens is 3. The second-order valence-electron chi connectivity index (χ2n) is 4.13. The summed E-state index contributed by atoms with van der Waals surface area (Å²) < 4.78 is 0. The molecule has 5 nitrogen and oxygen atoms in total. The van der Waals surface area contributed by atoms with Gasteiger partial charge in [-0.1, -0.05) is 35.1 Å². The van der Waals surface area contributed by atoms with Gasteiger partial charge in [-0.05, 0) is 19.1 Å². The first kappa shape index (κ1) is 14.1. The summed E-state index contributed by atoms with van der Waals surface area (Å²) in [5, 5.41) is 14.8. The van der Waals surface area contributed by atoms with Crippen LogP contribution in [0.25, 0.3) is 10.6 Å². The number of carbonyl (C=O) groups is 1. The Morgan fingerprint density at radius 2 is 2.00 bits per heavy atom. The lowest BCUT2D eigenvalue weighted by molar-refractivity contribution is 0.102. The maximum Gasteiger partial charge on any atom is 0.276 e. The van der Waals surface area contributed by atoms with E-state index in [0.717, 1.165) is 15.6 Å². The van der Waals surface area contributed by atoms with Crippen LogP contribution in [0.1, 0.15) is 15.5 Å². The Labute approximate surface area is 133 Å². The minimum Gasteiger partial charge on any atom is -0.295 e. The number of nitrogens with one attached hydrogen (secondary N) is 1. The molecule has 0 spiro atoms. The number of carbonyl (C=O) groups excluding carboxylic acids is 1. The third kappa shape index (κ3) is 3.26. The molecule has 8 heteroatoms. The van der Waals surface area contributed by atoms with Crippen LogP contribution >= 0.6 is 34.3 Å². The summed E-state index contributed by atoms with van der Waals surface area (Å²) in [6.45, 7) is 1.83. The SMILES string of the molecule is Cc1nnc(NC(=O)c2csc(-c3ccc(Cl)cc3)n2)s1. The lowest BCUT2D eigenvalue weighted by atomic mass is 10.2. The van der Waals surface area contributed by atoms with Crippen LogP contribution in [-0.4, -0.2) is 21.1 Å². The number of nitrogens with zero attached hydrogens (tertiary/aromatic N) is 3. The molecule has 2 aromatic heterocycles. The molecule has 106 valence electrons. The Kier molecular flexibility index (Phi) is 3.96. The third-order valence-corrected chi connectivity index (χ3v) is 4.47. The molecule has 1 amide bonds. The van der Waals surface area contributed by atoms with Crippen molar-refractivity contribution in [3.8, 4) is 10.6 Å². The maximum absolute atomic E-state index is 12.1. The van der Waals surface area contributed by atoms with Gasteiger partial charge in [0.25, 0.3) is 5.91 Å². The fourth-order valence-electron chi connectivity index (χ4n) is 1.61. The highest BCUT2D eigenvalue weighted by atomic mass is 35.5. The second-order valence-corrected chi connectivity index (χ2v) is 6.60. The summed E-state index contributed by atoms with van der Waals surface area (Å²) in [6.07, 6.45) is 0. The number of aryl methyl sites for hydroxylation is 1. The third-order valence-electron chi connectivity index (χ3n) is 2.57. The number of anilines is 1. The van der Waals surface area contributed by atoms with Crippen LogP contribution in [-0.2, 0) is 0 Å². The molecule has 3 rings (SSSR count). The van der Waals surface area contributed by atoms with E-state index in [2.05, 4.69) is 20.5 Å². The van der Waals surface area contributed by atoms with Gasteiger partial charge in [0.05, 0.1) is 0 Å². The molecule has 2 heterocycles. The smallest absolute Gasteiger partial charge is 0.276 e. The molecule has 0 radical (unpaired) electrons. The van der Waals surface area contributed by atoms with Crippen molar-refractivity contribution in [3.63, 3.8) is 0 Å². The Morgan fingerprint density at radius 3 is 2.67 bits per heavy atom. The zero-order valence-electron chi connectivity index (χ0n) is 10.8. The van der Waals surface area contributed by atoms with Crippen molar-refractivity contribution in [1.82, 2.24) is 15.2 Å². The van der Waals surface area contributed by atoms with E-state index in [1.54, 1.807) is 17.5 Å². The molecule has 0 bridgehead atoms. The summed E-state index contributed by atoms with van der Waals surface area (Å²) in [4.78, 5) is 16.4. The lowest BCUT2D eigenvalue weighted by Gasteiger charge is -1.97. The summed E-state index contributed by atoms with van der Waals surface area (Å²) in [7, 11) is 0. The number of benzene rings is 1. The largest absolute Gasteiger partial charge is 0.295 e. The van der Waals surface area contributed by atoms with E-state index in [4.69, 9.17) is 11.6 Å². The van der Waals surface area contributed by atoms with Crippen LogP contribution < -0.4 is 5.32 Å². The van der Waals surface area contributed by atoms with Crippen LogP contribution in [0.3, 0.4) is 0 Å². The van der Waals surface area contributed by atoms with Crippen LogP contribution in [0.2, 0.25) is 5.02 Å². The lowest BCUT2D eigenvalue weighted by Crippen LogP contribution is -2.12. The van der Waals surface area contributed by atoms with E-state index in [1.165, 1.54) is 22.7 Å². The molecule has 3 aromatic rings. The molecule has 0 aliphatic rings. The first-order chi connectivity index (χ1) is 10.1. The fraction of sp³-hybridized carbons (Fsp3) is 0.0769. The number of amides is 1. The van der Waals surface area contributed by atoms with Crippen molar-refractivity contribution in [3.05, 3.63) is 45.4 Å². The molecule has 0 atom stereocenters. The highest BCUT2D eigenvalue weighted by Gasteiger charge is 2.13. The van der Waals surface area contributed by atoms with Crippen molar-refractivity contribution in [1.29, 1.82) is 0 Å². The molecule has 0 saturated heterocycles. The quantitative estimate of drug-likeness (QED) is 0.788. The molecule has 1 aromatic carbocycles. The van der Waals surface area contributed by atoms with Gasteiger partial charge in [0.15, 0.2) is 0 Å². The topological polar surface area (TPSA) is 67.8 Å². The van der Waals surface area contributed by atoms with E-state index < -0.39 is 0 Å². The molecular weight excluding hydrogens is 328 g/mol. The number of hydrogen-bond donors (Lipinski definition) is 1. The highest BCUT2D eigenvalue weighted by molar-refractivity contribution is 7.15. The summed E-state index contributed by atoms with van der Waals surface area (Å²) in [5.41, 5.74) is 1.29. The minimum atomic E-state index is -0.289. The highest BCUT2D eigenvalue weighted by Crippen LogP contribution is 2.25. The second kappa shape index (κ2) is 5.88. The standard InChI is InChI=1S/C13H9ClN4OS2/c1-7-17-18-13(21-7)16-11(19)10-6-20-12(15-10)8-2-4-9(14)5-3-8/h2-6H,1H3,(H,16,18,19). The van der Waals surface area contributed by atoms with Gasteiger partial charge in [-0.2, -0.15) is 0 Å². The van der Waals surface area contributed by atoms with Crippen molar-refractivity contribution in [2.24, 2.45) is 0 Å². The molecule has 0 aliphatic carbocycles. The molecule has 21 heavy (non-hydrogen) atoms. The number of halogens is 1. The van der Waals surface area contributed by atoms with E-state index in [-0.39, 0.29) is 5.91 Å². The van der Waals surface area contributed by atoms with Gasteiger partial charge in [-0.25, -0.2) is 4.98 Å². The monoisotopic (exact) mass is 336 g/mol. The van der Waals surface area contributed by atoms with E-state index in [1.807, 2.05) is 19.1 Å². The van der Waals surface area contributed by atoms with Gasteiger partial charge < -0.3 is 0 Å². The molecule has 0 unspecified atom stereocenters. The summed E-state index contributed by atoms with van der Waals surface area (Å²) in [6, 6.07) is 7.33. The first-order valence-corrected chi connectivity index (χ1v) is 8.02. The van der Waals surface area contributed by atoms with Gasteiger partial charge in [0, 0.05) is 16.0 Å². The predicted octanol–water partition coefficient (Wildman–Crippen LogP) is 3.88. The van der Waals surface area contributed by atoms with Gasteiger partial charge in [0.2, 0.25) is 5.13 Å². The molecule has 0 fully saturated rings. The number of rotatable bonds is 3. The zero-order chi connectivity index (χ0) is 14.8. The summed E-state index contributed by atoms with van der Waals surface area (Å²) >= 11 is 8.58.